The quantitative estimate of drug-likeness (QED) is 0.495. The number of rotatable bonds is 6. The lowest BCUT2D eigenvalue weighted by Gasteiger charge is -2.59. The molecule has 5 fully saturated rings. The van der Waals surface area contributed by atoms with E-state index in [0.717, 1.165) is 31.2 Å². The third kappa shape index (κ3) is 4.23. The van der Waals surface area contributed by atoms with Crippen molar-refractivity contribution >= 4 is 11.9 Å². The fourth-order valence-electron chi connectivity index (χ4n) is 6.20. The number of hydrogen-bond acceptors (Lipinski definition) is 8. The maximum absolute atomic E-state index is 12.6. The van der Waals surface area contributed by atoms with Crippen LogP contribution in [0.1, 0.15) is 64.9 Å². The van der Waals surface area contributed by atoms with Crippen molar-refractivity contribution in [2.45, 2.75) is 89.8 Å². The summed E-state index contributed by atoms with van der Waals surface area (Å²) in [7, 11) is 0. The van der Waals surface area contributed by atoms with Crippen molar-refractivity contribution in [1.29, 1.82) is 0 Å². The summed E-state index contributed by atoms with van der Waals surface area (Å²) in [5.41, 5.74) is 0.205. The molecular weight excluding hydrogens is 440 g/mol. The average molecular weight is 475 g/mol. The number of hydrogen-bond donors (Lipinski definition) is 1. The lowest BCUT2D eigenvalue weighted by Crippen LogP contribution is -2.70. The van der Waals surface area contributed by atoms with Gasteiger partial charge in [0.1, 0.15) is 0 Å². The van der Waals surface area contributed by atoms with E-state index in [2.05, 4.69) is 17.2 Å². The first-order valence-corrected chi connectivity index (χ1v) is 12.4. The predicted molar refractivity (Wildman–Crippen MR) is 118 cm³/mol. The third-order valence-corrected chi connectivity index (χ3v) is 8.11. The molecule has 0 unspecified atom stereocenters. The van der Waals surface area contributed by atoms with E-state index < -0.39 is 29.9 Å². The minimum atomic E-state index is -0.876. The number of amides is 1. The number of ether oxygens (including phenoxy) is 3. The van der Waals surface area contributed by atoms with E-state index in [1.165, 1.54) is 0 Å². The van der Waals surface area contributed by atoms with Gasteiger partial charge in [-0.2, -0.15) is 0 Å². The number of carbonyl (C=O) groups is 2. The second kappa shape index (κ2) is 9.18. The van der Waals surface area contributed by atoms with Gasteiger partial charge in [0.05, 0.1) is 6.42 Å². The lowest BCUT2D eigenvalue weighted by molar-refractivity contribution is -0.576. The summed E-state index contributed by atoms with van der Waals surface area (Å²) in [6.07, 6.45) is 5.64. The predicted octanol–water partition coefficient (Wildman–Crippen LogP) is 3.23. The molecule has 1 spiro atoms. The van der Waals surface area contributed by atoms with Crippen molar-refractivity contribution in [1.82, 2.24) is 10.3 Å². The third-order valence-electron chi connectivity index (χ3n) is 8.11. The summed E-state index contributed by atoms with van der Waals surface area (Å²) in [5.74, 6) is -0.856. The van der Waals surface area contributed by atoms with Crippen LogP contribution in [0.4, 0.5) is 0 Å². The Morgan fingerprint density at radius 2 is 2.03 bits per heavy atom. The molecule has 5 heterocycles. The zero-order valence-electron chi connectivity index (χ0n) is 20.0. The molecule has 5 aliphatic rings. The van der Waals surface area contributed by atoms with Crippen LogP contribution >= 0.6 is 0 Å². The standard InChI is InChI=1S/C25H34N2O7/c1-15-6-7-19-16(2)22(31-23-25(19)18(15)10-11-24(3,32-23)33-34-25)30-21(29)9-8-20(28)27-14-17-5-4-12-26-13-17/h4-5,12-13,15-16,18-19,22-23H,6-11,14H2,1-3H3,(H,27,28)/t15-,16+,18-,19+,22+,23-,24+,25-/m0/s1. The molecule has 2 bridgehead atoms. The second-order valence-corrected chi connectivity index (χ2v) is 10.4. The fourth-order valence-corrected chi connectivity index (χ4v) is 6.20. The Balaban J connectivity index is 1.20. The maximum atomic E-state index is 12.6. The highest BCUT2D eigenvalue weighted by Gasteiger charge is 2.69. The van der Waals surface area contributed by atoms with Gasteiger partial charge in [0.25, 0.3) is 0 Å². The Kier molecular flexibility index (Phi) is 6.39. The smallest absolute Gasteiger partial charge is 0.308 e. The fraction of sp³-hybridized carbons (Fsp3) is 0.720. The molecule has 9 nitrogen and oxygen atoms in total. The molecule has 4 saturated heterocycles. The molecule has 4 aliphatic heterocycles. The van der Waals surface area contributed by atoms with Crippen LogP contribution in [0.15, 0.2) is 24.5 Å². The summed E-state index contributed by atoms with van der Waals surface area (Å²) in [4.78, 5) is 40.7. The first-order valence-electron chi connectivity index (χ1n) is 12.4. The molecular formula is C25H34N2O7. The van der Waals surface area contributed by atoms with Crippen LogP contribution in [0.25, 0.3) is 0 Å². The zero-order chi connectivity index (χ0) is 23.9. The topological polar surface area (TPSA) is 105 Å². The first-order chi connectivity index (χ1) is 16.3. The summed E-state index contributed by atoms with van der Waals surface area (Å²) in [6, 6.07) is 3.69. The number of carbonyl (C=O) groups excluding carboxylic acids is 2. The lowest BCUT2D eigenvalue weighted by atomic mass is 9.58. The van der Waals surface area contributed by atoms with Crippen LogP contribution < -0.4 is 5.32 Å². The molecule has 1 aromatic rings. The Morgan fingerprint density at radius 3 is 2.82 bits per heavy atom. The van der Waals surface area contributed by atoms with Crippen LogP contribution in [-0.2, 0) is 40.1 Å². The van der Waals surface area contributed by atoms with Gasteiger partial charge >= 0.3 is 5.97 Å². The Bertz CT molecular complexity index is 914. The van der Waals surface area contributed by atoms with E-state index in [4.69, 9.17) is 24.0 Å². The number of nitrogens with one attached hydrogen (secondary N) is 1. The van der Waals surface area contributed by atoms with Gasteiger partial charge in [0.2, 0.25) is 18.0 Å². The Hall–Kier alpha value is -2.07. The molecule has 1 N–H and O–H groups in total. The normalized spacial score (nSPS) is 40.7. The number of fused-ring (bicyclic) bond motifs is 2. The van der Waals surface area contributed by atoms with Gasteiger partial charge < -0.3 is 19.5 Å². The van der Waals surface area contributed by atoms with E-state index in [0.29, 0.717) is 12.5 Å². The molecule has 34 heavy (non-hydrogen) atoms. The van der Waals surface area contributed by atoms with E-state index >= 15 is 0 Å². The van der Waals surface area contributed by atoms with Gasteiger partial charge in [-0.05, 0) is 49.7 Å². The monoisotopic (exact) mass is 474 g/mol. The summed E-state index contributed by atoms with van der Waals surface area (Å²) < 4.78 is 18.3. The van der Waals surface area contributed by atoms with Crippen LogP contribution in [0.3, 0.4) is 0 Å². The summed E-state index contributed by atoms with van der Waals surface area (Å²) >= 11 is 0. The molecule has 186 valence electrons. The van der Waals surface area contributed by atoms with Crippen molar-refractivity contribution < 1.29 is 33.6 Å². The molecule has 0 aromatic carbocycles. The largest absolute Gasteiger partial charge is 0.435 e. The van der Waals surface area contributed by atoms with E-state index in [1.807, 2.05) is 26.0 Å². The second-order valence-electron chi connectivity index (χ2n) is 10.4. The van der Waals surface area contributed by atoms with Gasteiger partial charge in [0, 0.05) is 43.6 Å². The first kappa shape index (κ1) is 23.7. The van der Waals surface area contributed by atoms with Crippen molar-refractivity contribution in [2.24, 2.45) is 23.7 Å². The average Bonchev–Trinajstić information content (AvgIpc) is 3.06. The highest BCUT2D eigenvalue weighted by atomic mass is 17.3. The molecule has 1 saturated carbocycles. The number of aromatic nitrogens is 1. The van der Waals surface area contributed by atoms with E-state index in [9.17, 15) is 9.59 Å². The highest BCUT2D eigenvalue weighted by molar-refractivity contribution is 5.81. The van der Waals surface area contributed by atoms with E-state index in [-0.39, 0.29) is 36.5 Å². The Labute approximate surface area is 199 Å². The summed E-state index contributed by atoms with van der Waals surface area (Å²) in [6.45, 7) is 6.52. The summed E-state index contributed by atoms with van der Waals surface area (Å²) in [5, 5.41) is 2.80. The van der Waals surface area contributed by atoms with Crippen LogP contribution in [0.5, 0.6) is 0 Å². The number of nitrogens with zero attached hydrogens (tertiary/aromatic N) is 1. The number of pyridine rings is 1. The van der Waals surface area contributed by atoms with Crippen molar-refractivity contribution in [3.63, 3.8) is 0 Å². The molecule has 1 amide bonds. The van der Waals surface area contributed by atoms with Crippen LogP contribution in [0, 0.1) is 23.7 Å². The molecule has 0 radical (unpaired) electrons. The maximum Gasteiger partial charge on any atom is 0.308 e. The SMILES string of the molecule is C[C@H]1[C@H](OC(=O)CCC(=O)NCc2cccnc2)O[C@H]2O[C@@]3(C)CC[C@H]4[C@@H](C)CC[C@H]1[C@]24OO3. The minimum Gasteiger partial charge on any atom is -0.435 e. The molecule has 6 rings (SSSR count). The molecule has 8 atom stereocenters. The van der Waals surface area contributed by atoms with E-state index in [1.54, 1.807) is 12.4 Å². The zero-order valence-corrected chi connectivity index (χ0v) is 20.0. The van der Waals surface area contributed by atoms with Crippen molar-refractivity contribution in [2.75, 3.05) is 0 Å². The number of esters is 1. The molecule has 1 aromatic heterocycles. The highest BCUT2D eigenvalue weighted by Crippen LogP contribution is 2.60. The van der Waals surface area contributed by atoms with Crippen LogP contribution in [-0.4, -0.2) is 40.8 Å². The van der Waals surface area contributed by atoms with Gasteiger partial charge in [0.15, 0.2) is 11.9 Å². The van der Waals surface area contributed by atoms with Crippen molar-refractivity contribution in [3.05, 3.63) is 30.1 Å². The van der Waals surface area contributed by atoms with Gasteiger partial charge in [-0.3, -0.25) is 14.6 Å². The van der Waals surface area contributed by atoms with Gasteiger partial charge in [-0.25, -0.2) is 9.78 Å². The van der Waals surface area contributed by atoms with Gasteiger partial charge in [-0.15, -0.1) is 0 Å². The molecule has 9 heteroatoms. The minimum absolute atomic E-state index is 0.0240. The van der Waals surface area contributed by atoms with Crippen LogP contribution in [0.2, 0.25) is 0 Å². The van der Waals surface area contributed by atoms with Gasteiger partial charge in [-0.1, -0.05) is 19.9 Å². The molecule has 1 aliphatic carbocycles. The van der Waals surface area contributed by atoms with Crippen molar-refractivity contribution in [3.8, 4) is 0 Å². The Morgan fingerprint density at radius 1 is 1.18 bits per heavy atom.